The number of methoxy groups -OCH3 is 1. The maximum absolute atomic E-state index is 14.5. The highest BCUT2D eigenvalue weighted by atomic mass is 19.1. The number of rotatable bonds is 4. The number of piperidine rings is 1. The zero-order valence-electron chi connectivity index (χ0n) is 18.3. The number of likely N-dealkylation sites (tertiary alicyclic amines) is 1. The Morgan fingerprint density at radius 1 is 1.23 bits per heavy atom. The summed E-state index contributed by atoms with van der Waals surface area (Å²) in [6.45, 7) is 4.94. The molecular formula is C23H27FN4O3. The van der Waals surface area contributed by atoms with Gasteiger partial charge >= 0.3 is 0 Å². The van der Waals surface area contributed by atoms with Crippen molar-refractivity contribution >= 4 is 16.7 Å². The van der Waals surface area contributed by atoms with Gasteiger partial charge in [0.05, 0.1) is 22.7 Å². The molecule has 7 nitrogen and oxygen atoms in total. The van der Waals surface area contributed by atoms with E-state index in [2.05, 4.69) is 10.2 Å². The van der Waals surface area contributed by atoms with Crippen LogP contribution in [0.2, 0.25) is 0 Å². The van der Waals surface area contributed by atoms with Gasteiger partial charge in [-0.1, -0.05) is 6.07 Å². The predicted octanol–water partition coefficient (Wildman–Crippen LogP) is 2.86. The van der Waals surface area contributed by atoms with Gasteiger partial charge in [-0.25, -0.2) is 9.49 Å². The molecule has 0 radical (unpaired) electrons. The molecule has 1 aliphatic heterocycles. The van der Waals surface area contributed by atoms with Gasteiger partial charge < -0.3 is 14.2 Å². The van der Waals surface area contributed by atoms with Gasteiger partial charge in [0, 0.05) is 50.4 Å². The van der Waals surface area contributed by atoms with Crippen molar-refractivity contribution in [1.29, 1.82) is 0 Å². The Labute approximate surface area is 179 Å². The highest BCUT2D eigenvalue weighted by Gasteiger charge is 2.25. The lowest BCUT2D eigenvalue weighted by Gasteiger charge is -2.31. The highest BCUT2D eigenvalue weighted by molar-refractivity contribution is 5.95. The molecule has 1 N–H and O–H groups in total. The van der Waals surface area contributed by atoms with Gasteiger partial charge in [0.1, 0.15) is 5.82 Å². The van der Waals surface area contributed by atoms with Gasteiger partial charge in [0.25, 0.3) is 11.5 Å². The number of amides is 1. The summed E-state index contributed by atoms with van der Waals surface area (Å²) in [4.78, 5) is 27.0. The fourth-order valence-electron chi connectivity index (χ4n) is 4.44. The zero-order valence-corrected chi connectivity index (χ0v) is 18.3. The number of aromatic amines is 1. The van der Waals surface area contributed by atoms with Gasteiger partial charge in [-0.15, -0.1) is 0 Å². The fourth-order valence-corrected chi connectivity index (χ4v) is 4.44. The fraction of sp³-hybridized carbons (Fsp3) is 0.435. The number of ether oxygens (including phenoxy) is 1. The van der Waals surface area contributed by atoms with Crippen LogP contribution in [0.4, 0.5) is 4.39 Å². The molecule has 0 spiro atoms. The number of H-pyrrole nitrogens is 1. The summed E-state index contributed by atoms with van der Waals surface area (Å²) in [5.41, 5.74) is 3.11. The van der Waals surface area contributed by atoms with E-state index in [-0.39, 0.29) is 23.1 Å². The summed E-state index contributed by atoms with van der Waals surface area (Å²) >= 11 is 0. The van der Waals surface area contributed by atoms with Crippen LogP contribution in [0.1, 0.15) is 45.8 Å². The second kappa shape index (κ2) is 8.26. The van der Waals surface area contributed by atoms with Crippen LogP contribution in [0.15, 0.2) is 23.0 Å². The molecule has 3 aromatic rings. The highest BCUT2D eigenvalue weighted by Crippen LogP contribution is 2.26. The largest absolute Gasteiger partial charge is 0.381 e. The SMILES string of the molecule is COC1CCN(C(=O)c2cc(Cc3n[nH]c(=O)c4c(C)n(C)c(C)c34)ccc2F)CC1. The molecular weight excluding hydrogens is 399 g/mol. The Morgan fingerprint density at radius 2 is 1.90 bits per heavy atom. The van der Waals surface area contributed by atoms with Crippen LogP contribution in [0.3, 0.4) is 0 Å². The van der Waals surface area contributed by atoms with E-state index in [1.807, 2.05) is 25.5 Å². The van der Waals surface area contributed by atoms with Crippen molar-refractivity contribution < 1.29 is 13.9 Å². The Bertz CT molecular complexity index is 1210. The standard InChI is InChI=1S/C23H27FN4O3/c1-13-20-19(25-26-22(29)21(20)14(2)27(13)3)12-15-5-6-18(24)17(11-15)23(30)28-9-7-16(31-4)8-10-28/h5-6,11,16H,7-10,12H2,1-4H3,(H,26,29). The van der Waals surface area contributed by atoms with E-state index in [0.29, 0.717) is 30.6 Å². The molecule has 31 heavy (non-hydrogen) atoms. The molecule has 8 heteroatoms. The second-order valence-electron chi connectivity index (χ2n) is 8.20. The normalized spacial score (nSPS) is 15.1. The Kier molecular flexibility index (Phi) is 5.66. The smallest absolute Gasteiger partial charge is 0.273 e. The first kappa shape index (κ1) is 21.2. The molecule has 164 valence electrons. The quantitative estimate of drug-likeness (QED) is 0.696. The number of fused-ring (bicyclic) bond motifs is 1. The van der Waals surface area contributed by atoms with E-state index >= 15 is 0 Å². The second-order valence-corrected chi connectivity index (χ2v) is 8.20. The van der Waals surface area contributed by atoms with Crippen molar-refractivity contribution in [2.75, 3.05) is 20.2 Å². The number of carbonyl (C=O) groups excluding carboxylic acids is 1. The zero-order chi connectivity index (χ0) is 22.3. The average molecular weight is 426 g/mol. The van der Waals surface area contributed by atoms with E-state index in [9.17, 15) is 14.0 Å². The Morgan fingerprint density at radius 3 is 2.58 bits per heavy atom. The number of hydrogen-bond donors (Lipinski definition) is 1. The molecule has 0 saturated carbocycles. The summed E-state index contributed by atoms with van der Waals surface area (Å²) < 4.78 is 21.9. The van der Waals surface area contributed by atoms with E-state index in [0.717, 1.165) is 35.2 Å². The maximum atomic E-state index is 14.5. The van der Waals surface area contributed by atoms with Crippen LogP contribution in [0.5, 0.6) is 0 Å². The van der Waals surface area contributed by atoms with Crippen molar-refractivity contribution in [2.24, 2.45) is 7.05 Å². The topological polar surface area (TPSA) is 80.2 Å². The molecule has 1 aromatic carbocycles. The van der Waals surface area contributed by atoms with Crippen LogP contribution >= 0.6 is 0 Å². The molecule has 0 bridgehead atoms. The summed E-state index contributed by atoms with van der Waals surface area (Å²) in [6.07, 6.45) is 2.01. The van der Waals surface area contributed by atoms with Crippen molar-refractivity contribution in [3.8, 4) is 0 Å². The van der Waals surface area contributed by atoms with Crippen molar-refractivity contribution in [1.82, 2.24) is 19.7 Å². The van der Waals surface area contributed by atoms with Crippen LogP contribution in [-0.2, 0) is 18.2 Å². The van der Waals surface area contributed by atoms with Crippen LogP contribution in [-0.4, -0.2) is 51.9 Å². The first-order valence-corrected chi connectivity index (χ1v) is 10.5. The minimum absolute atomic E-state index is 0.0648. The first-order chi connectivity index (χ1) is 14.8. The number of aromatic nitrogens is 3. The van der Waals surface area contributed by atoms with Gasteiger partial charge in [0.2, 0.25) is 0 Å². The van der Waals surface area contributed by atoms with E-state index in [4.69, 9.17) is 4.74 Å². The number of aryl methyl sites for hydroxylation is 2. The lowest BCUT2D eigenvalue weighted by atomic mass is 10.0. The van der Waals surface area contributed by atoms with Crippen LogP contribution in [0.25, 0.3) is 10.8 Å². The molecule has 0 aliphatic carbocycles. The molecule has 1 aliphatic rings. The molecule has 3 heterocycles. The lowest BCUT2D eigenvalue weighted by Crippen LogP contribution is -2.41. The van der Waals surface area contributed by atoms with E-state index in [1.54, 1.807) is 24.1 Å². The van der Waals surface area contributed by atoms with Crippen LogP contribution in [0, 0.1) is 19.7 Å². The van der Waals surface area contributed by atoms with Gasteiger partial charge in [-0.2, -0.15) is 5.10 Å². The maximum Gasteiger partial charge on any atom is 0.273 e. The number of nitrogens with zero attached hydrogens (tertiary/aromatic N) is 3. The Balaban J connectivity index is 1.66. The third-order valence-corrected chi connectivity index (χ3v) is 6.48. The first-order valence-electron chi connectivity index (χ1n) is 10.5. The molecule has 0 atom stereocenters. The minimum Gasteiger partial charge on any atom is -0.381 e. The number of halogens is 1. The molecule has 2 aromatic heterocycles. The van der Waals surface area contributed by atoms with Crippen molar-refractivity contribution in [3.05, 3.63) is 62.6 Å². The average Bonchev–Trinajstić information content (AvgIpc) is 3.01. The third-order valence-electron chi connectivity index (χ3n) is 6.48. The summed E-state index contributed by atoms with van der Waals surface area (Å²) in [5, 5.41) is 8.27. The van der Waals surface area contributed by atoms with Crippen molar-refractivity contribution in [2.45, 2.75) is 39.2 Å². The van der Waals surface area contributed by atoms with Gasteiger partial charge in [-0.3, -0.25) is 9.59 Å². The molecule has 1 saturated heterocycles. The van der Waals surface area contributed by atoms with Crippen LogP contribution < -0.4 is 5.56 Å². The van der Waals surface area contributed by atoms with E-state index < -0.39 is 5.82 Å². The number of benzene rings is 1. The van der Waals surface area contributed by atoms with Gasteiger partial charge in [-0.05, 0) is 44.4 Å². The monoisotopic (exact) mass is 426 g/mol. The molecule has 4 rings (SSSR count). The number of hydrogen-bond acceptors (Lipinski definition) is 4. The summed E-state index contributed by atoms with van der Waals surface area (Å²) in [5.74, 6) is -0.839. The number of nitrogens with one attached hydrogen (secondary N) is 1. The molecule has 1 fully saturated rings. The number of carbonyl (C=O) groups is 1. The minimum atomic E-state index is -0.533. The summed E-state index contributed by atoms with van der Waals surface area (Å²) in [6, 6.07) is 4.59. The van der Waals surface area contributed by atoms with E-state index in [1.165, 1.54) is 6.07 Å². The summed E-state index contributed by atoms with van der Waals surface area (Å²) in [7, 11) is 3.58. The van der Waals surface area contributed by atoms with Gasteiger partial charge in [0.15, 0.2) is 0 Å². The third kappa shape index (κ3) is 3.76. The predicted molar refractivity (Wildman–Crippen MR) is 116 cm³/mol. The molecule has 1 amide bonds. The lowest BCUT2D eigenvalue weighted by molar-refractivity contribution is 0.0348. The Hall–Kier alpha value is -3.00. The van der Waals surface area contributed by atoms with Crippen molar-refractivity contribution in [3.63, 3.8) is 0 Å². The molecule has 0 unspecified atom stereocenters.